The summed E-state index contributed by atoms with van der Waals surface area (Å²) in [6.07, 6.45) is 90.9. The molecule has 0 aliphatic rings. The van der Waals surface area contributed by atoms with Crippen LogP contribution in [0.2, 0.25) is 0 Å². The molecular formula is C75H143NO5. The van der Waals surface area contributed by atoms with Crippen LogP contribution in [-0.2, 0) is 14.3 Å². The summed E-state index contributed by atoms with van der Waals surface area (Å²) in [5.41, 5.74) is 0. The first kappa shape index (κ1) is 79.1. The van der Waals surface area contributed by atoms with E-state index >= 15 is 0 Å². The van der Waals surface area contributed by atoms with E-state index in [1.165, 1.54) is 327 Å². The van der Waals surface area contributed by atoms with Crippen LogP contribution < -0.4 is 5.32 Å². The van der Waals surface area contributed by atoms with Crippen molar-refractivity contribution in [2.24, 2.45) is 0 Å². The number of esters is 1. The maximum atomic E-state index is 12.5. The lowest BCUT2D eigenvalue weighted by molar-refractivity contribution is -0.143. The van der Waals surface area contributed by atoms with Crippen molar-refractivity contribution < 1.29 is 24.5 Å². The first-order valence-corrected chi connectivity index (χ1v) is 36.8. The summed E-state index contributed by atoms with van der Waals surface area (Å²) in [4.78, 5) is 24.6. The Hall–Kier alpha value is -1.92. The monoisotopic (exact) mass is 1140 g/mol. The highest BCUT2D eigenvalue weighted by molar-refractivity contribution is 5.76. The Bertz CT molecular complexity index is 1310. The van der Waals surface area contributed by atoms with Crippen molar-refractivity contribution in [3.05, 3.63) is 36.5 Å². The number of carbonyl (C=O) groups is 2. The molecule has 6 heteroatoms. The summed E-state index contributed by atoms with van der Waals surface area (Å²) in [5, 5.41) is 23.3. The number of hydrogen-bond acceptors (Lipinski definition) is 5. The fourth-order valence-electron chi connectivity index (χ4n) is 11.6. The fraction of sp³-hybridized carbons (Fsp3) is 0.893. The normalized spacial score (nSPS) is 12.7. The van der Waals surface area contributed by atoms with Gasteiger partial charge in [0.05, 0.1) is 25.4 Å². The molecule has 2 atom stereocenters. The third kappa shape index (κ3) is 67.1. The lowest BCUT2D eigenvalue weighted by atomic mass is 10.0. The van der Waals surface area contributed by atoms with Gasteiger partial charge in [0.25, 0.3) is 0 Å². The van der Waals surface area contributed by atoms with Gasteiger partial charge in [-0.1, -0.05) is 365 Å². The lowest BCUT2D eigenvalue weighted by Crippen LogP contribution is -2.45. The van der Waals surface area contributed by atoms with Crippen molar-refractivity contribution in [1.29, 1.82) is 0 Å². The van der Waals surface area contributed by atoms with E-state index in [0.29, 0.717) is 19.4 Å². The van der Waals surface area contributed by atoms with E-state index < -0.39 is 12.1 Å². The first-order chi connectivity index (χ1) is 40.0. The maximum absolute atomic E-state index is 12.5. The minimum Gasteiger partial charge on any atom is -0.466 e. The number of hydrogen-bond donors (Lipinski definition) is 3. The number of ether oxygens (including phenoxy) is 1. The molecule has 478 valence electrons. The maximum Gasteiger partial charge on any atom is 0.305 e. The van der Waals surface area contributed by atoms with Crippen molar-refractivity contribution >= 4 is 11.9 Å². The molecule has 0 spiro atoms. The molecule has 81 heavy (non-hydrogen) atoms. The number of unbranched alkanes of at least 4 members (excludes halogenated alkanes) is 54. The van der Waals surface area contributed by atoms with Gasteiger partial charge >= 0.3 is 5.97 Å². The summed E-state index contributed by atoms with van der Waals surface area (Å²) in [5.74, 6) is -0.0590. The molecule has 0 radical (unpaired) electrons. The fourth-order valence-corrected chi connectivity index (χ4v) is 11.6. The van der Waals surface area contributed by atoms with Crippen molar-refractivity contribution in [3.8, 4) is 0 Å². The van der Waals surface area contributed by atoms with E-state index in [4.69, 9.17) is 4.74 Å². The minimum absolute atomic E-state index is 0.00314. The predicted molar refractivity (Wildman–Crippen MR) is 356 cm³/mol. The van der Waals surface area contributed by atoms with Crippen LogP contribution in [0.1, 0.15) is 406 Å². The number of allylic oxidation sites excluding steroid dienone is 5. The van der Waals surface area contributed by atoms with Crippen LogP contribution in [0.25, 0.3) is 0 Å². The van der Waals surface area contributed by atoms with Gasteiger partial charge < -0.3 is 20.3 Å². The van der Waals surface area contributed by atoms with Crippen LogP contribution in [0.5, 0.6) is 0 Å². The van der Waals surface area contributed by atoms with E-state index in [1.807, 2.05) is 6.08 Å². The van der Waals surface area contributed by atoms with Crippen LogP contribution in [0.15, 0.2) is 36.5 Å². The third-order valence-electron chi connectivity index (χ3n) is 17.2. The molecule has 0 rings (SSSR count). The second kappa shape index (κ2) is 70.6. The molecule has 0 aromatic rings. The Morgan fingerprint density at radius 2 is 0.617 bits per heavy atom. The van der Waals surface area contributed by atoms with Crippen molar-refractivity contribution in [2.45, 2.75) is 418 Å². The smallest absolute Gasteiger partial charge is 0.305 e. The highest BCUT2D eigenvalue weighted by Gasteiger charge is 2.18. The van der Waals surface area contributed by atoms with E-state index in [2.05, 4.69) is 43.5 Å². The van der Waals surface area contributed by atoms with Crippen molar-refractivity contribution in [2.75, 3.05) is 13.2 Å². The second-order valence-corrected chi connectivity index (χ2v) is 25.3. The zero-order valence-electron chi connectivity index (χ0n) is 54.8. The SMILES string of the molecule is CCCCCC/C=C\C/C=C\CCCCCCCC(=O)OCCCCCCCCCCCCCCCCCCCCCCCCCCCC(=O)NC(CO)C(O)/C=C/CCCCCCCCCCCCCCCCCCCCCCC. The highest BCUT2D eigenvalue weighted by atomic mass is 16.5. The number of aliphatic hydroxyl groups is 2. The number of aliphatic hydroxyl groups excluding tert-OH is 2. The molecule has 0 aliphatic carbocycles. The standard InChI is InChI=1S/C75H143NO5/c1-3-5-7-9-11-13-15-17-19-21-22-23-27-30-33-36-39-43-47-51-55-59-63-67-73(78)72(71-77)76-74(79)68-64-60-56-52-48-44-40-37-34-31-28-25-24-26-29-32-35-38-42-46-50-54-58-62-66-70-81-75(80)69-65-61-57-53-49-45-41-20-18-16-14-12-10-8-6-4-2/h14,16,20,41,63,67,72-73,77-78H,3-13,15,17-19,21-40,42-62,64-66,68-71H2,1-2H3,(H,76,79)/b16-14-,41-20-,67-63+. The van der Waals surface area contributed by atoms with Gasteiger partial charge in [-0.2, -0.15) is 0 Å². The van der Waals surface area contributed by atoms with Crippen molar-refractivity contribution in [3.63, 3.8) is 0 Å². The molecular weight excluding hydrogens is 995 g/mol. The van der Waals surface area contributed by atoms with Crippen LogP contribution in [0.4, 0.5) is 0 Å². The van der Waals surface area contributed by atoms with Gasteiger partial charge in [0, 0.05) is 12.8 Å². The van der Waals surface area contributed by atoms with E-state index in [1.54, 1.807) is 6.08 Å². The quantitative estimate of drug-likeness (QED) is 0.0320. The highest BCUT2D eigenvalue weighted by Crippen LogP contribution is 2.19. The molecule has 1 amide bonds. The summed E-state index contributed by atoms with van der Waals surface area (Å²) in [6.45, 7) is 4.92. The number of carbonyl (C=O) groups excluding carboxylic acids is 2. The Labute approximate surface area is 506 Å². The van der Waals surface area contributed by atoms with Crippen molar-refractivity contribution in [1.82, 2.24) is 5.32 Å². The Kier molecular flexibility index (Phi) is 68.9. The zero-order chi connectivity index (χ0) is 58.5. The number of rotatable bonds is 69. The van der Waals surface area contributed by atoms with Gasteiger partial charge in [0.15, 0.2) is 0 Å². The Morgan fingerprint density at radius 1 is 0.346 bits per heavy atom. The molecule has 0 aromatic heterocycles. The number of amides is 1. The van der Waals surface area contributed by atoms with Gasteiger partial charge in [0.1, 0.15) is 0 Å². The van der Waals surface area contributed by atoms with Crippen LogP contribution in [0.3, 0.4) is 0 Å². The molecule has 0 saturated heterocycles. The second-order valence-electron chi connectivity index (χ2n) is 25.3. The van der Waals surface area contributed by atoms with Crippen LogP contribution in [-0.4, -0.2) is 47.4 Å². The van der Waals surface area contributed by atoms with Gasteiger partial charge in [-0.3, -0.25) is 9.59 Å². The Balaban J connectivity index is 3.39. The molecule has 0 saturated carbocycles. The topological polar surface area (TPSA) is 95.9 Å². The zero-order valence-corrected chi connectivity index (χ0v) is 54.8. The van der Waals surface area contributed by atoms with Gasteiger partial charge in [-0.05, 0) is 64.2 Å². The molecule has 3 N–H and O–H groups in total. The van der Waals surface area contributed by atoms with Crippen LogP contribution in [0, 0.1) is 0 Å². The predicted octanol–water partition coefficient (Wildman–Crippen LogP) is 23.9. The van der Waals surface area contributed by atoms with E-state index in [-0.39, 0.29) is 18.5 Å². The average molecular weight is 1140 g/mol. The Morgan fingerprint density at radius 3 is 0.951 bits per heavy atom. The first-order valence-electron chi connectivity index (χ1n) is 36.8. The minimum atomic E-state index is -0.845. The lowest BCUT2D eigenvalue weighted by Gasteiger charge is -2.20. The average Bonchev–Trinajstić information content (AvgIpc) is 3.47. The molecule has 6 nitrogen and oxygen atoms in total. The molecule has 0 aromatic carbocycles. The summed E-state index contributed by atoms with van der Waals surface area (Å²) >= 11 is 0. The number of nitrogens with one attached hydrogen (secondary N) is 1. The van der Waals surface area contributed by atoms with Gasteiger partial charge in [-0.25, -0.2) is 0 Å². The van der Waals surface area contributed by atoms with Gasteiger partial charge in [-0.15, -0.1) is 0 Å². The molecule has 0 fully saturated rings. The summed E-state index contributed by atoms with van der Waals surface area (Å²) < 4.78 is 5.49. The van der Waals surface area contributed by atoms with E-state index in [0.717, 1.165) is 51.4 Å². The molecule has 0 heterocycles. The molecule has 0 bridgehead atoms. The largest absolute Gasteiger partial charge is 0.466 e. The van der Waals surface area contributed by atoms with Crippen LogP contribution >= 0.6 is 0 Å². The summed E-state index contributed by atoms with van der Waals surface area (Å²) in [7, 11) is 0. The molecule has 2 unspecified atom stereocenters. The van der Waals surface area contributed by atoms with Gasteiger partial charge in [0.2, 0.25) is 5.91 Å². The summed E-state index contributed by atoms with van der Waals surface area (Å²) in [6, 6.07) is -0.628. The molecule has 0 aliphatic heterocycles. The third-order valence-corrected chi connectivity index (χ3v) is 17.2. The van der Waals surface area contributed by atoms with E-state index in [9.17, 15) is 19.8 Å².